The molecule has 84 valence electrons. The van der Waals surface area contributed by atoms with Crippen molar-refractivity contribution in [3.63, 3.8) is 0 Å². The van der Waals surface area contributed by atoms with Crippen LogP contribution in [0.4, 0.5) is 5.69 Å². The van der Waals surface area contributed by atoms with Gasteiger partial charge in [0.05, 0.1) is 0 Å². The number of hydrogen-bond acceptors (Lipinski definition) is 5. The van der Waals surface area contributed by atoms with Crippen LogP contribution < -0.4 is 11.6 Å². The Morgan fingerprint density at radius 3 is 2.69 bits per heavy atom. The smallest absolute Gasteiger partial charge is 0.214 e. The molecule has 5 nitrogen and oxygen atoms in total. The minimum Gasteiger partial charge on any atom is -0.398 e. The number of benzene rings is 1. The minimum atomic E-state index is 0.589. The fraction of sp³-hybridized carbons (Fsp3) is 0.111. The normalized spacial score (nSPS) is 10.6. The van der Waals surface area contributed by atoms with Gasteiger partial charge >= 0.3 is 0 Å². The van der Waals surface area contributed by atoms with E-state index in [4.69, 9.17) is 23.2 Å². The molecule has 2 aromatic rings. The van der Waals surface area contributed by atoms with Crippen LogP contribution in [-0.2, 0) is 0 Å². The van der Waals surface area contributed by atoms with Crippen molar-refractivity contribution in [2.24, 2.45) is 0 Å². The monoisotopic (exact) mass is 255 g/mol. The molecule has 0 aliphatic heterocycles. The highest BCUT2D eigenvalue weighted by Gasteiger charge is 2.09. The molecule has 0 radical (unpaired) electrons. The van der Waals surface area contributed by atoms with Crippen molar-refractivity contribution in [1.82, 2.24) is 14.9 Å². The molecule has 0 amide bonds. The summed E-state index contributed by atoms with van der Waals surface area (Å²) >= 11 is 7.16. The summed E-state index contributed by atoms with van der Waals surface area (Å²) in [4.78, 5) is 0.850. The first-order valence-electron chi connectivity index (χ1n) is 4.48. The number of rotatable bonds is 2. The lowest BCUT2D eigenvalue weighted by atomic mass is 10.3. The van der Waals surface area contributed by atoms with Crippen molar-refractivity contribution in [1.29, 1.82) is 0 Å². The molecule has 0 bridgehead atoms. The van der Waals surface area contributed by atoms with E-state index in [-0.39, 0.29) is 0 Å². The van der Waals surface area contributed by atoms with Gasteiger partial charge in [-0.2, -0.15) is 0 Å². The molecule has 7 heteroatoms. The molecule has 0 saturated heterocycles. The Bertz CT molecular complexity index is 525. The lowest BCUT2D eigenvalue weighted by molar-refractivity contribution is 0.825. The van der Waals surface area contributed by atoms with Crippen molar-refractivity contribution >= 4 is 29.1 Å². The van der Waals surface area contributed by atoms with Gasteiger partial charge in [0.15, 0.2) is 0 Å². The van der Waals surface area contributed by atoms with Gasteiger partial charge in [-0.05, 0) is 36.9 Å². The summed E-state index contributed by atoms with van der Waals surface area (Å²) in [5, 5.41) is 8.99. The summed E-state index contributed by atoms with van der Waals surface area (Å²) in [6, 6.07) is 5.28. The molecular weight excluding hydrogens is 246 g/mol. The molecule has 1 aromatic carbocycles. The maximum absolute atomic E-state index is 5.82. The summed E-state index contributed by atoms with van der Waals surface area (Å²) in [6.07, 6.45) is 0. The zero-order chi connectivity index (χ0) is 11.7. The highest BCUT2D eigenvalue weighted by molar-refractivity contribution is 7.99. The number of nitrogens with zero attached hydrogens (tertiary/aromatic N) is 3. The summed E-state index contributed by atoms with van der Waals surface area (Å²) in [5.74, 6) is 6.38. The standard InChI is InChI=1S/C9H10ClN5S/c1-5-13-14-9(15(5)12)16-8-3-2-6(10)4-7(8)11/h2-4H,11-12H2,1H3. The number of aromatic nitrogens is 3. The Balaban J connectivity index is 2.30. The summed E-state index contributed by atoms with van der Waals surface area (Å²) in [7, 11) is 0. The van der Waals surface area contributed by atoms with Crippen LogP contribution in [0.15, 0.2) is 28.3 Å². The Morgan fingerprint density at radius 2 is 2.12 bits per heavy atom. The lowest BCUT2D eigenvalue weighted by Crippen LogP contribution is -2.11. The van der Waals surface area contributed by atoms with E-state index in [1.807, 2.05) is 6.07 Å². The highest BCUT2D eigenvalue weighted by atomic mass is 35.5. The van der Waals surface area contributed by atoms with Crippen LogP contribution in [0.3, 0.4) is 0 Å². The number of aryl methyl sites for hydroxylation is 1. The number of nitrogens with two attached hydrogens (primary N) is 2. The van der Waals surface area contributed by atoms with Gasteiger partial charge in [0, 0.05) is 15.6 Å². The van der Waals surface area contributed by atoms with Gasteiger partial charge in [0.25, 0.3) is 0 Å². The Hall–Kier alpha value is -1.40. The predicted octanol–water partition coefficient (Wildman–Crippen LogP) is 1.69. The van der Waals surface area contributed by atoms with Gasteiger partial charge in [0.2, 0.25) is 5.16 Å². The first kappa shape index (κ1) is 11.1. The van der Waals surface area contributed by atoms with E-state index in [1.54, 1.807) is 19.1 Å². The van der Waals surface area contributed by atoms with Gasteiger partial charge < -0.3 is 11.6 Å². The van der Waals surface area contributed by atoms with Crippen LogP contribution >= 0.6 is 23.4 Å². The number of halogens is 1. The van der Waals surface area contributed by atoms with Gasteiger partial charge in [-0.3, -0.25) is 0 Å². The molecular formula is C9H10ClN5S. The van der Waals surface area contributed by atoms with Crippen molar-refractivity contribution in [2.45, 2.75) is 17.0 Å². The Labute approximate surface area is 102 Å². The summed E-state index contributed by atoms with van der Waals surface area (Å²) in [5.41, 5.74) is 6.42. The van der Waals surface area contributed by atoms with Gasteiger partial charge in [-0.1, -0.05) is 11.6 Å². The third kappa shape index (κ3) is 2.07. The molecule has 0 aliphatic carbocycles. The maximum Gasteiger partial charge on any atom is 0.214 e. The lowest BCUT2D eigenvalue weighted by Gasteiger charge is -2.04. The van der Waals surface area contributed by atoms with Crippen LogP contribution in [0, 0.1) is 6.92 Å². The summed E-state index contributed by atoms with van der Waals surface area (Å²) in [6.45, 7) is 1.78. The summed E-state index contributed by atoms with van der Waals surface area (Å²) < 4.78 is 1.42. The van der Waals surface area contributed by atoms with E-state index in [9.17, 15) is 0 Å². The van der Waals surface area contributed by atoms with Crippen LogP contribution in [0.2, 0.25) is 5.02 Å². The van der Waals surface area contributed by atoms with E-state index in [1.165, 1.54) is 16.4 Å². The zero-order valence-corrected chi connectivity index (χ0v) is 10.1. The maximum atomic E-state index is 5.82. The first-order valence-corrected chi connectivity index (χ1v) is 5.67. The van der Waals surface area contributed by atoms with E-state index in [0.29, 0.717) is 21.7 Å². The number of anilines is 1. The topological polar surface area (TPSA) is 82.8 Å². The van der Waals surface area contributed by atoms with Crippen molar-refractivity contribution in [3.05, 3.63) is 29.0 Å². The predicted molar refractivity (Wildman–Crippen MR) is 64.9 cm³/mol. The van der Waals surface area contributed by atoms with Crippen molar-refractivity contribution in [3.8, 4) is 0 Å². The second-order valence-electron chi connectivity index (χ2n) is 3.18. The van der Waals surface area contributed by atoms with E-state index >= 15 is 0 Å². The SMILES string of the molecule is Cc1nnc(Sc2ccc(Cl)cc2N)n1N. The van der Waals surface area contributed by atoms with Crippen molar-refractivity contribution < 1.29 is 0 Å². The first-order chi connectivity index (χ1) is 7.58. The van der Waals surface area contributed by atoms with E-state index < -0.39 is 0 Å². The van der Waals surface area contributed by atoms with E-state index in [2.05, 4.69) is 10.2 Å². The van der Waals surface area contributed by atoms with E-state index in [0.717, 1.165) is 4.90 Å². The second kappa shape index (κ2) is 4.23. The van der Waals surface area contributed by atoms with Gasteiger partial charge in [-0.25, -0.2) is 4.68 Å². The highest BCUT2D eigenvalue weighted by Crippen LogP contribution is 2.31. The third-order valence-corrected chi connectivity index (χ3v) is 3.30. The van der Waals surface area contributed by atoms with Crippen LogP contribution in [0.25, 0.3) is 0 Å². The molecule has 0 aliphatic rings. The molecule has 4 N–H and O–H groups in total. The molecule has 0 atom stereocenters. The third-order valence-electron chi connectivity index (χ3n) is 2.01. The molecule has 16 heavy (non-hydrogen) atoms. The fourth-order valence-electron chi connectivity index (χ4n) is 1.13. The fourth-order valence-corrected chi connectivity index (χ4v) is 2.13. The molecule has 0 saturated carbocycles. The average molecular weight is 256 g/mol. The molecule has 1 heterocycles. The molecule has 0 unspecified atom stereocenters. The average Bonchev–Trinajstić information content (AvgIpc) is 2.54. The molecule has 1 aromatic heterocycles. The second-order valence-corrected chi connectivity index (χ2v) is 4.63. The van der Waals surface area contributed by atoms with Gasteiger partial charge in [-0.15, -0.1) is 10.2 Å². The van der Waals surface area contributed by atoms with Crippen LogP contribution in [-0.4, -0.2) is 14.9 Å². The molecule has 0 spiro atoms. The van der Waals surface area contributed by atoms with Gasteiger partial charge in [0.1, 0.15) is 5.82 Å². The van der Waals surface area contributed by atoms with Crippen LogP contribution in [0.5, 0.6) is 0 Å². The van der Waals surface area contributed by atoms with Crippen LogP contribution in [0.1, 0.15) is 5.82 Å². The minimum absolute atomic E-state index is 0.589. The van der Waals surface area contributed by atoms with Crippen molar-refractivity contribution in [2.75, 3.05) is 11.6 Å². The largest absolute Gasteiger partial charge is 0.398 e. The number of nitrogen functional groups attached to an aromatic ring is 2. The zero-order valence-electron chi connectivity index (χ0n) is 8.51. The molecule has 2 rings (SSSR count). The Morgan fingerprint density at radius 1 is 1.38 bits per heavy atom. The number of hydrogen-bond donors (Lipinski definition) is 2. The Kier molecular flexibility index (Phi) is 2.93. The quantitative estimate of drug-likeness (QED) is 0.630. The molecule has 0 fully saturated rings.